The molecule has 1 heterocycles. The normalized spacial score (nSPS) is 19.6. The summed E-state index contributed by atoms with van der Waals surface area (Å²) < 4.78 is 23.8. The molecule has 1 aliphatic carbocycles. The Balaban J connectivity index is 1.29. The van der Waals surface area contributed by atoms with E-state index in [-0.39, 0.29) is 11.8 Å². The van der Waals surface area contributed by atoms with Crippen molar-refractivity contribution in [3.05, 3.63) is 30.1 Å². The minimum absolute atomic E-state index is 0.0499. The van der Waals surface area contributed by atoms with Gasteiger partial charge < -0.3 is 19.7 Å². The number of carbonyl (C=O) groups is 1. The number of rotatable bonds is 9. The molecular weight excluding hydrogens is 323 g/mol. The molecular formula is C19H27FN2O3. The first-order valence-corrected chi connectivity index (χ1v) is 9.23. The van der Waals surface area contributed by atoms with Gasteiger partial charge in [-0.1, -0.05) is 0 Å². The van der Waals surface area contributed by atoms with Gasteiger partial charge in [0, 0.05) is 31.7 Å². The van der Waals surface area contributed by atoms with Crippen LogP contribution in [0.1, 0.15) is 32.1 Å². The average Bonchev–Trinajstić information content (AvgIpc) is 3.33. The van der Waals surface area contributed by atoms with E-state index in [9.17, 15) is 9.18 Å². The fraction of sp³-hybridized carbons (Fsp3) is 0.632. The highest BCUT2D eigenvalue weighted by atomic mass is 19.1. The number of ether oxygens (including phenoxy) is 2. The van der Waals surface area contributed by atoms with Crippen LogP contribution in [-0.2, 0) is 4.74 Å². The zero-order chi connectivity index (χ0) is 17.5. The van der Waals surface area contributed by atoms with Crippen molar-refractivity contribution in [2.24, 2.45) is 5.92 Å². The van der Waals surface area contributed by atoms with E-state index in [1.807, 2.05) is 4.90 Å². The number of urea groups is 1. The summed E-state index contributed by atoms with van der Waals surface area (Å²) in [4.78, 5) is 14.4. The van der Waals surface area contributed by atoms with Crippen LogP contribution in [0.15, 0.2) is 24.3 Å². The molecule has 1 aromatic rings. The number of halogens is 1. The summed E-state index contributed by atoms with van der Waals surface area (Å²) in [6, 6.07) is 6.49. The Kier molecular flexibility index (Phi) is 6.50. The predicted molar refractivity (Wildman–Crippen MR) is 93.2 cm³/mol. The van der Waals surface area contributed by atoms with Gasteiger partial charge in [-0.15, -0.1) is 0 Å². The highest BCUT2D eigenvalue weighted by Gasteiger charge is 2.34. The van der Waals surface area contributed by atoms with Crippen LogP contribution < -0.4 is 10.1 Å². The summed E-state index contributed by atoms with van der Waals surface area (Å²) in [6.45, 7) is 3.61. The van der Waals surface area contributed by atoms with E-state index in [4.69, 9.17) is 9.47 Å². The average molecular weight is 350 g/mol. The van der Waals surface area contributed by atoms with Crippen molar-refractivity contribution in [1.82, 2.24) is 10.2 Å². The molecule has 2 fully saturated rings. The van der Waals surface area contributed by atoms with Gasteiger partial charge in [0.15, 0.2) is 0 Å². The molecule has 6 heteroatoms. The molecule has 0 bridgehead atoms. The Bertz CT molecular complexity index is 542. The largest absolute Gasteiger partial charge is 0.494 e. The second-order valence-electron chi connectivity index (χ2n) is 6.85. The van der Waals surface area contributed by atoms with Gasteiger partial charge in [0.2, 0.25) is 0 Å². The van der Waals surface area contributed by atoms with E-state index in [0.29, 0.717) is 30.9 Å². The number of amides is 2. The lowest BCUT2D eigenvalue weighted by Gasteiger charge is -2.25. The molecule has 25 heavy (non-hydrogen) atoms. The molecule has 1 saturated carbocycles. The Hall–Kier alpha value is -1.82. The van der Waals surface area contributed by atoms with Crippen LogP contribution in [0.5, 0.6) is 5.75 Å². The minimum atomic E-state index is -0.264. The van der Waals surface area contributed by atoms with Gasteiger partial charge >= 0.3 is 6.03 Å². The highest BCUT2D eigenvalue weighted by Crippen LogP contribution is 2.29. The summed E-state index contributed by atoms with van der Waals surface area (Å²) in [5.74, 6) is 0.888. The molecule has 3 rings (SSSR count). The number of benzene rings is 1. The van der Waals surface area contributed by atoms with E-state index in [0.717, 1.165) is 51.9 Å². The number of nitrogens with zero attached hydrogens (tertiary/aromatic N) is 1. The third-order valence-corrected chi connectivity index (χ3v) is 4.66. The van der Waals surface area contributed by atoms with Crippen molar-refractivity contribution in [1.29, 1.82) is 0 Å². The number of hydrogen-bond donors (Lipinski definition) is 1. The zero-order valence-electron chi connectivity index (χ0n) is 14.6. The first kappa shape index (κ1) is 18.0. The molecule has 0 radical (unpaired) electrons. The van der Waals surface area contributed by atoms with Gasteiger partial charge in [-0.25, -0.2) is 9.18 Å². The maximum absolute atomic E-state index is 12.8. The fourth-order valence-electron chi connectivity index (χ4n) is 3.03. The molecule has 0 aromatic heterocycles. The Morgan fingerprint density at radius 1 is 1.24 bits per heavy atom. The lowest BCUT2D eigenvalue weighted by atomic mass is 10.1. The molecule has 0 spiro atoms. The van der Waals surface area contributed by atoms with Gasteiger partial charge in [-0.05, 0) is 56.4 Å². The van der Waals surface area contributed by atoms with E-state index < -0.39 is 0 Å². The highest BCUT2D eigenvalue weighted by molar-refractivity contribution is 5.74. The second-order valence-corrected chi connectivity index (χ2v) is 6.85. The predicted octanol–water partition coefficient (Wildman–Crippen LogP) is 3.20. The van der Waals surface area contributed by atoms with Crippen LogP contribution in [0.2, 0.25) is 0 Å². The lowest BCUT2D eigenvalue weighted by Crippen LogP contribution is -2.44. The summed E-state index contributed by atoms with van der Waals surface area (Å²) in [7, 11) is 0. The van der Waals surface area contributed by atoms with E-state index >= 15 is 0 Å². The first-order valence-electron chi connectivity index (χ1n) is 9.23. The Morgan fingerprint density at radius 2 is 2.04 bits per heavy atom. The number of hydrogen-bond acceptors (Lipinski definition) is 3. The quantitative estimate of drug-likeness (QED) is 0.696. The van der Waals surface area contributed by atoms with Crippen LogP contribution in [0.25, 0.3) is 0 Å². The van der Waals surface area contributed by atoms with Crippen molar-refractivity contribution in [2.75, 3.05) is 32.9 Å². The molecule has 1 saturated heterocycles. The maximum Gasteiger partial charge on any atom is 0.317 e. The van der Waals surface area contributed by atoms with Crippen LogP contribution in [0.4, 0.5) is 9.18 Å². The molecule has 1 aromatic carbocycles. The third-order valence-electron chi connectivity index (χ3n) is 4.66. The number of carbonyl (C=O) groups excluding carboxylic acids is 1. The number of unbranched alkanes of at least 4 members (excludes halogenated alkanes) is 1. The molecule has 1 atom stereocenters. The third kappa shape index (κ3) is 5.88. The van der Waals surface area contributed by atoms with Gasteiger partial charge in [-0.2, -0.15) is 0 Å². The maximum atomic E-state index is 12.8. The van der Waals surface area contributed by atoms with Crippen LogP contribution in [0.3, 0.4) is 0 Å². The molecule has 1 aliphatic heterocycles. The van der Waals surface area contributed by atoms with Crippen molar-refractivity contribution in [3.8, 4) is 5.75 Å². The van der Waals surface area contributed by atoms with Crippen molar-refractivity contribution in [2.45, 2.75) is 38.1 Å². The molecule has 1 unspecified atom stereocenters. The van der Waals surface area contributed by atoms with Crippen LogP contribution in [-0.4, -0.2) is 49.9 Å². The molecule has 1 N–H and O–H groups in total. The van der Waals surface area contributed by atoms with E-state index in [1.165, 1.54) is 12.1 Å². The smallest absolute Gasteiger partial charge is 0.317 e. The zero-order valence-corrected chi connectivity index (χ0v) is 14.6. The first-order chi connectivity index (χ1) is 12.2. The van der Waals surface area contributed by atoms with Crippen LogP contribution in [0, 0.1) is 11.7 Å². The van der Waals surface area contributed by atoms with Crippen molar-refractivity contribution >= 4 is 6.03 Å². The van der Waals surface area contributed by atoms with Crippen molar-refractivity contribution in [3.63, 3.8) is 0 Å². The van der Waals surface area contributed by atoms with E-state index in [1.54, 1.807) is 12.1 Å². The van der Waals surface area contributed by atoms with Gasteiger partial charge in [0.05, 0.1) is 13.2 Å². The SMILES string of the molecule is O=C(NCCCCOc1ccc(F)cc1)N(CC1CCOC1)C1CC1. The molecule has 2 amide bonds. The fourth-order valence-corrected chi connectivity index (χ4v) is 3.03. The van der Waals surface area contributed by atoms with Crippen molar-refractivity contribution < 1.29 is 18.7 Å². The summed E-state index contributed by atoms with van der Waals surface area (Å²) in [5.41, 5.74) is 0. The van der Waals surface area contributed by atoms with Gasteiger partial charge in [-0.3, -0.25) is 0 Å². The molecule has 138 valence electrons. The molecule has 5 nitrogen and oxygen atoms in total. The Morgan fingerprint density at radius 3 is 2.72 bits per heavy atom. The Labute approximate surface area is 148 Å². The molecule has 2 aliphatic rings. The standard InChI is InChI=1S/C19H27FN2O3/c20-16-3-7-18(8-4-16)25-11-2-1-10-21-19(23)22(17-5-6-17)13-15-9-12-24-14-15/h3-4,7-8,15,17H,1-2,5-6,9-14H2,(H,21,23). The summed E-state index contributed by atoms with van der Waals surface area (Å²) >= 11 is 0. The lowest BCUT2D eigenvalue weighted by molar-refractivity contribution is 0.162. The minimum Gasteiger partial charge on any atom is -0.494 e. The van der Waals surface area contributed by atoms with Crippen LogP contribution >= 0.6 is 0 Å². The van der Waals surface area contributed by atoms with E-state index in [2.05, 4.69) is 5.32 Å². The van der Waals surface area contributed by atoms with Gasteiger partial charge in [0.1, 0.15) is 11.6 Å². The number of nitrogens with one attached hydrogen (secondary N) is 1. The second kappa shape index (κ2) is 9.04. The topological polar surface area (TPSA) is 50.8 Å². The van der Waals surface area contributed by atoms with Gasteiger partial charge in [0.25, 0.3) is 0 Å². The summed E-state index contributed by atoms with van der Waals surface area (Å²) in [5, 5.41) is 3.03. The summed E-state index contributed by atoms with van der Waals surface area (Å²) in [6.07, 6.45) is 4.99. The monoisotopic (exact) mass is 350 g/mol.